The van der Waals surface area contributed by atoms with Gasteiger partial charge in [-0.1, -0.05) is 6.07 Å². The van der Waals surface area contributed by atoms with Crippen LogP contribution in [0.5, 0.6) is 0 Å². The molecule has 0 bridgehead atoms. The molecule has 2 heterocycles. The van der Waals surface area contributed by atoms with Gasteiger partial charge in [-0.2, -0.15) is 0 Å². The lowest BCUT2D eigenvalue weighted by Crippen LogP contribution is -2.44. The van der Waals surface area contributed by atoms with Crippen LogP contribution in [-0.4, -0.2) is 41.3 Å². The summed E-state index contributed by atoms with van der Waals surface area (Å²) >= 11 is 0. The van der Waals surface area contributed by atoms with E-state index in [2.05, 4.69) is 10.3 Å². The van der Waals surface area contributed by atoms with Crippen molar-refractivity contribution in [3.8, 4) is 0 Å². The fourth-order valence-electron chi connectivity index (χ4n) is 2.54. The molecule has 21 heavy (non-hydrogen) atoms. The minimum atomic E-state index is -0.178. The molecule has 1 saturated heterocycles. The van der Waals surface area contributed by atoms with Crippen molar-refractivity contribution in [2.45, 2.75) is 26.2 Å². The summed E-state index contributed by atoms with van der Waals surface area (Å²) in [5.41, 5.74) is 6.27. The zero-order valence-corrected chi connectivity index (χ0v) is 12.3. The molecular weight excluding hydrogens is 268 g/mol. The van der Waals surface area contributed by atoms with Gasteiger partial charge >= 0.3 is 0 Å². The highest BCUT2D eigenvalue weighted by Crippen LogP contribution is 2.19. The van der Waals surface area contributed by atoms with Gasteiger partial charge in [-0.3, -0.25) is 9.59 Å². The van der Waals surface area contributed by atoms with E-state index in [1.165, 1.54) is 0 Å². The second kappa shape index (κ2) is 7.17. The highest BCUT2D eigenvalue weighted by Gasteiger charge is 2.28. The van der Waals surface area contributed by atoms with Crippen LogP contribution in [-0.2, 0) is 9.59 Å². The molecular formula is C15H22N4O2. The minimum absolute atomic E-state index is 0.0312. The Morgan fingerprint density at radius 2 is 2.29 bits per heavy atom. The Labute approximate surface area is 124 Å². The van der Waals surface area contributed by atoms with Crippen LogP contribution in [0.3, 0.4) is 0 Å². The summed E-state index contributed by atoms with van der Waals surface area (Å²) in [5.74, 6) is 0.343. The van der Waals surface area contributed by atoms with E-state index >= 15 is 0 Å². The number of likely N-dealkylation sites (tertiary alicyclic amines) is 1. The largest absolute Gasteiger partial charge is 0.342 e. The quantitative estimate of drug-likeness (QED) is 0.863. The summed E-state index contributed by atoms with van der Waals surface area (Å²) in [6, 6.07) is 5.50. The number of piperidine rings is 1. The standard InChI is InChI=1S/C15H22N4O2/c1-11-4-2-6-13(17-11)18-15(21)12-5-3-9-19(10-12)14(20)7-8-16/h2,4,6,12H,3,5,7-10,16H2,1H3,(H,17,18,21). The smallest absolute Gasteiger partial charge is 0.230 e. The van der Waals surface area contributed by atoms with Crippen LogP contribution >= 0.6 is 0 Å². The van der Waals surface area contributed by atoms with E-state index in [0.717, 1.165) is 18.5 Å². The molecule has 1 unspecified atom stereocenters. The highest BCUT2D eigenvalue weighted by molar-refractivity contribution is 5.92. The first-order valence-electron chi connectivity index (χ1n) is 7.32. The SMILES string of the molecule is Cc1cccc(NC(=O)C2CCCN(C(=O)CCN)C2)n1. The van der Waals surface area contributed by atoms with E-state index in [1.54, 1.807) is 11.0 Å². The first-order valence-corrected chi connectivity index (χ1v) is 7.32. The lowest BCUT2D eigenvalue weighted by Gasteiger charge is -2.32. The predicted octanol–water partition coefficient (Wildman–Crippen LogP) is 0.916. The molecule has 0 spiro atoms. The maximum Gasteiger partial charge on any atom is 0.230 e. The number of aryl methyl sites for hydroxylation is 1. The molecule has 1 aliphatic rings. The van der Waals surface area contributed by atoms with Crippen molar-refractivity contribution < 1.29 is 9.59 Å². The maximum atomic E-state index is 12.3. The molecule has 114 valence electrons. The molecule has 0 aromatic carbocycles. The van der Waals surface area contributed by atoms with E-state index in [1.807, 2.05) is 19.1 Å². The zero-order valence-electron chi connectivity index (χ0n) is 12.3. The van der Waals surface area contributed by atoms with Crippen LogP contribution < -0.4 is 11.1 Å². The summed E-state index contributed by atoms with van der Waals surface area (Å²) in [6.07, 6.45) is 1.98. The molecule has 0 aliphatic carbocycles. The van der Waals surface area contributed by atoms with Crippen molar-refractivity contribution in [3.63, 3.8) is 0 Å². The van der Waals surface area contributed by atoms with E-state index in [4.69, 9.17) is 5.73 Å². The minimum Gasteiger partial charge on any atom is -0.342 e. The number of pyridine rings is 1. The molecule has 6 nitrogen and oxygen atoms in total. The van der Waals surface area contributed by atoms with Crippen molar-refractivity contribution in [1.29, 1.82) is 0 Å². The third-order valence-corrected chi connectivity index (χ3v) is 3.64. The van der Waals surface area contributed by atoms with Gasteiger partial charge in [0.2, 0.25) is 11.8 Å². The molecule has 0 saturated carbocycles. The molecule has 1 atom stereocenters. The van der Waals surface area contributed by atoms with Gasteiger partial charge in [-0.15, -0.1) is 0 Å². The number of aromatic nitrogens is 1. The van der Waals surface area contributed by atoms with E-state index < -0.39 is 0 Å². The molecule has 3 N–H and O–H groups in total. The van der Waals surface area contributed by atoms with E-state index in [-0.39, 0.29) is 17.7 Å². The molecule has 2 amide bonds. The fourth-order valence-corrected chi connectivity index (χ4v) is 2.54. The van der Waals surface area contributed by atoms with Gasteiger partial charge in [0.25, 0.3) is 0 Å². The molecule has 1 fully saturated rings. The molecule has 6 heteroatoms. The second-order valence-electron chi connectivity index (χ2n) is 5.37. The Hall–Kier alpha value is -1.95. The zero-order chi connectivity index (χ0) is 15.2. The van der Waals surface area contributed by atoms with Crippen molar-refractivity contribution in [3.05, 3.63) is 23.9 Å². The van der Waals surface area contributed by atoms with Crippen molar-refractivity contribution >= 4 is 17.6 Å². The van der Waals surface area contributed by atoms with Gasteiger partial charge in [0.15, 0.2) is 0 Å². The number of carbonyl (C=O) groups excluding carboxylic acids is 2. The Bertz CT molecular complexity index is 518. The number of nitrogens with zero attached hydrogens (tertiary/aromatic N) is 2. The van der Waals surface area contributed by atoms with Crippen molar-refractivity contribution in [2.75, 3.05) is 25.0 Å². The van der Waals surface area contributed by atoms with Crippen LogP contribution in [0.4, 0.5) is 5.82 Å². The first-order chi connectivity index (χ1) is 10.1. The second-order valence-corrected chi connectivity index (χ2v) is 5.37. The van der Waals surface area contributed by atoms with E-state index in [9.17, 15) is 9.59 Å². The number of hydrogen-bond donors (Lipinski definition) is 2. The molecule has 2 rings (SSSR count). The topological polar surface area (TPSA) is 88.3 Å². The number of rotatable bonds is 4. The summed E-state index contributed by atoms with van der Waals surface area (Å²) in [5, 5.41) is 2.83. The summed E-state index contributed by atoms with van der Waals surface area (Å²) < 4.78 is 0. The molecule has 1 aromatic heterocycles. The monoisotopic (exact) mass is 290 g/mol. The number of hydrogen-bond acceptors (Lipinski definition) is 4. The van der Waals surface area contributed by atoms with Gasteiger partial charge < -0.3 is 16.0 Å². The number of amides is 2. The summed E-state index contributed by atoms with van der Waals surface area (Å²) in [6.45, 7) is 3.41. The third-order valence-electron chi connectivity index (χ3n) is 3.64. The number of anilines is 1. The van der Waals surface area contributed by atoms with Crippen LogP contribution in [0.2, 0.25) is 0 Å². The number of carbonyl (C=O) groups is 2. The van der Waals surface area contributed by atoms with Crippen molar-refractivity contribution in [2.24, 2.45) is 11.7 Å². The summed E-state index contributed by atoms with van der Waals surface area (Å²) in [7, 11) is 0. The Kier molecular flexibility index (Phi) is 5.27. The predicted molar refractivity (Wildman–Crippen MR) is 80.6 cm³/mol. The Morgan fingerprint density at radius 1 is 1.48 bits per heavy atom. The van der Waals surface area contributed by atoms with Crippen LogP contribution in [0.15, 0.2) is 18.2 Å². The van der Waals surface area contributed by atoms with Crippen LogP contribution in [0.25, 0.3) is 0 Å². The Morgan fingerprint density at radius 3 is 3.00 bits per heavy atom. The third kappa shape index (κ3) is 4.26. The molecule has 1 aromatic rings. The lowest BCUT2D eigenvalue weighted by molar-refractivity contribution is -0.134. The van der Waals surface area contributed by atoms with Gasteiger partial charge in [-0.05, 0) is 31.9 Å². The van der Waals surface area contributed by atoms with Gasteiger partial charge in [-0.25, -0.2) is 4.98 Å². The van der Waals surface area contributed by atoms with Crippen LogP contribution in [0.1, 0.15) is 25.0 Å². The van der Waals surface area contributed by atoms with Gasteiger partial charge in [0.05, 0.1) is 5.92 Å². The van der Waals surface area contributed by atoms with Gasteiger partial charge in [0.1, 0.15) is 5.82 Å². The highest BCUT2D eigenvalue weighted by atomic mass is 16.2. The first kappa shape index (κ1) is 15.4. The Balaban J connectivity index is 1.94. The number of nitrogens with one attached hydrogen (secondary N) is 1. The normalized spacial score (nSPS) is 18.4. The average Bonchev–Trinajstić information content (AvgIpc) is 2.47. The van der Waals surface area contributed by atoms with Crippen molar-refractivity contribution in [1.82, 2.24) is 9.88 Å². The average molecular weight is 290 g/mol. The lowest BCUT2D eigenvalue weighted by atomic mass is 9.97. The van der Waals surface area contributed by atoms with E-state index in [0.29, 0.717) is 31.9 Å². The molecule has 1 aliphatic heterocycles. The summed E-state index contributed by atoms with van der Waals surface area (Å²) in [4.78, 5) is 30.2. The maximum absolute atomic E-state index is 12.3. The van der Waals surface area contributed by atoms with Crippen LogP contribution in [0, 0.1) is 12.8 Å². The molecule has 0 radical (unpaired) electrons. The number of nitrogens with two attached hydrogens (primary N) is 1. The van der Waals surface area contributed by atoms with Gasteiger partial charge in [0, 0.05) is 31.7 Å². The fraction of sp³-hybridized carbons (Fsp3) is 0.533.